The Morgan fingerprint density at radius 1 is 1.43 bits per heavy atom. The summed E-state index contributed by atoms with van der Waals surface area (Å²) in [6, 6.07) is 1.91. The Labute approximate surface area is 84.2 Å². The number of rotatable bonds is 4. The average Bonchev–Trinajstić information content (AvgIpc) is 2.85. The van der Waals surface area contributed by atoms with Crippen LogP contribution in [0.3, 0.4) is 0 Å². The molecular formula is C11H17NO2. The van der Waals surface area contributed by atoms with Crippen molar-refractivity contribution in [3.63, 3.8) is 0 Å². The Hall–Kier alpha value is -0.800. The lowest BCUT2D eigenvalue weighted by Gasteiger charge is -2.09. The first-order chi connectivity index (χ1) is 6.90. The number of furan rings is 1. The van der Waals surface area contributed by atoms with E-state index >= 15 is 0 Å². The van der Waals surface area contributed by atoms with E-state index in [1.807, 2.05) is 6.07 Å². The Morgan fingerprint density at radius 3 is 2.93 bits per heavy atom. The maximum Gasteiger partial charge on any atom is 0.133 e. The fourth-order valence-electron chi connectivity index (χ4n) is 1.92. The molecule has 0 spiro atoms. The maximum absolute atomic E-state index is 5.74. The van der Waals surface area contributed by atoms with Gasteiger partial charge in [-0.3, -0.25) is 0 Å². The second-order valence-electron chi connectivity index (χ2n) is 3.79. The summed E-state index contributed by atoms with van der Waals surface area (Å²) >= 11 is 0. The van der Waals surface area contributed by atoms with Crippen LogP contribution >= 0.6 is 0 Å². The lowest BCUT2D eigenvalue weighted by Crippen LogP contribution is -2.08. The Kier molecular flexibility index (Phi) is 3.22. The minimum Gasteiger partial charge on any atom is -0.467 e. The largest absolute Gasteiger partial charge is 0.467 e. The molecule has 1 aliphatic rings. The summed E-state index contributed by atoms with van der Waals surface area (Å²) in [5.41, 5.74) is 6.62. The molecule has 0 amide bonds. The van der Waals surface area contributed by atoms with E-state index in [-0.39, 0.29) is 0 Å². The van der Waals surface area contributed by atoms with E-state index < -0.39 is 0 Å². The van der Waals surface area contributed by atoms with Crippen molar-refractivity contribution in [2.45, 2.75) is 44.9 Å². The quantitative estimate of drug-likeness (QED) is 0.801. The lowest BCUT2D eigenvalue weighted by molar-refractivity contribution is 0.0352. The van der Waals surface area contributed by atoms with Gasteiger partial charge in [-0.1, -0.05) is 12.8 Å². The van der Waals surface area contributed by atoms with Crippen LogP contribution < -0.4 is 5.73 Å². The zero-order valence-electron chi connectivity index (χ0n) is 8.37. The summed E-state index contributed by atoms with van der Waals surface area (Å²) < 4.78 is 11.1. The molecule has 0 atom stereocenters. The molecule has 0 radical (unpaired) electrons. The van der Waals surface area contributed by atoms with Gasteiger partial charge >= 0.3 is 0 Å². The van der Waals surface area contributed by atoms with Gasteiger partial charge in [0.2, 0.25) is 0 Å². The highest BCUT2D eigenvalue weighted by atomic mass is 16.5. The highest BCUT2D eigenvalue weighted by Gasteiger charge is 2.16. The Balaban J connectivity index is 1.84. The van der Waals surface area contributed by atoms with Crippen LogP contribution in [0.25, 0.3) is 0 Å². The average molecular weight is 195 g/mol. The predicted octanol–water partition coefficient (Wildman–Crippen LogP) is 2.20. The minimum atomic E-state index is 0.436. The van der Waals surface area contributed by atoms with Gasteiger partial charge in [-0.15, -0.1) is 0 Å². The van der Waals surface area contributed by atoms with Crippen molar-refractivity contribution >= 4 is 0 Å². The number of hydrogen-bond acceptors (Lipinski definition) is 3. The third-order valence-electron chi connectivity index (χ3n) is 2.81. The summed E-state index contributed by atoms with van der Waals surface area (Å²) in [5.74, 6) is 0.888. The van der Waals surface area contributed by atoms with Crippen molar-refractivity contribution < 1.29 is 9.15 Å². The van der Waals surface area contributed by atoms with Gasteiger partial charge < -0.3 is 14.9 Å². The van der Waals surface area contributed by atoms with Gasteiger partial charge in [0.05, 0.1) is 12.4 Å². The Bertz CT molecular complexity index is 277. The third kappa shape index (κ3) is 2.16. The maximum atomic E-state index is 5.74. The van der Waals surface area contributed by atoms with E-state index in [0.717, 1.165) is 11.3 Å². The van der Waals surface area contributed by atoms with Crippen molar-refractivity contribution in [3.05, 3.63) is 23.7 Å². The first kappa shape index (κ1) is 9.74. The van der Waals surface area contributed by atoms with E-state index in [9.17, 15) is 0 Å². The number of ether oxygens (including phenoxy) is 1. The van der Waals surface area contributed by atoms with Crippen molar-refractivity contribution in [1.29, 1.82) is 0 Å². The first-order valence-electron chi connectivity index (χ1n) is 5.27. The van der Waals surface area contributed by atoms with E-state index in [0.29, 0.717) is 19.3 Å². The van der Waals surface area contributed by atoms with Crippen LogP contribution in [0, 0.1) is 0 Å². The van der Waals surface area contributed by atoms with E-state index in [1.165, 1.54) is 25.7 Å². The molecule has 1 aromatic heterocycles. The highest BCUT2D eigenvalue weighted by molar-refractivity contribution is 5.15. The van der Waals surface area contributed by atoms with Crippen LogP contribution in [0.4, 0.5) is 0 Å². The van der Waals surface area contributed by atoms with Gasteiger partial charge in [-0.25, -0.2) is 0 Å². The van der Waals surface area contributed by atoms with Gasteiger partial charge in [0.25, 0.3) is 0 Å². The molecule has 0 bridgehead atoms. The number of hydrogen-bond donors (Lipinski definition) is 1. The van der Waals surface area contributed by atoms with Crippen LogP contribution in [0.5, 0.6) is 0 Å². The lowest BCUT2D eigenvalue weighted by atomic mass is 10.2. The van der Waals surface area contributed by atoms with Gasteiger partial charge in [-0.05, 0) is 18.9 Å². The van der Waals surface area contributed by atoms with Crippen molar-refractivity contribution in [1.82, 2.24) is 0 Å². The van der Waals surface area contributed by atoms with Crippen molar-refractivity contribution in [2.24, 2.45) is 5.73 Å². The summed E-state index contributed by atoms with van der Waals surface area (Å²) in [7, 11) is 0. The molecule has 0 aromatic carbocycles. The molecule has 1 saturated carbocycles. The Morgan fingerprint density at radius 2 is 2.21 bits per heavy atom. The molecule has 1 aliphatic carbocycles. The van der Waals surface area contributed by atoms with Gasteiger partial charge in [0.15, 0.2) is 0 Å². The first-order valence-corrected chi connectivity index (χ1v) is 5.27. The second-order valence-corrected chi connectivity index (χ2v) is 3.79. The molecule has 14 heavy (non-hydrogen) atoms. The molecule has 0 unspecified atom stereocenters. The molecule has 3 nitrogen and oxygen atoms in total. The molecule has 1 heterocycles. The van der Waals surface area contributed by atoms with Crippen LogP contribution in [0.2, 0.25) is 0 Å². The second kappa shape index (κ2) is 4.62. The molecule has 78 valence electrons. The third-order valence-corrected chi connectivity index (χ3v) is 2.81. The van der Waals surface area contributed by atoms with Crippen molar-refractivity contribution in [2.75, 3.05) is 0 Å². The predicted molar refractivity (Wildman–Crippen MR) is 53.6 cm³/mol. The van der Waals surface area contributed by atoms with Crippen LogP contribution in [-0.4, -0.2) is 6.10 Å². The molecule has 0 saturated heterocycles. The summed E-state index contributed by atoms with van der Waals surface area (Å²) in [5, 5.41) is 0. The fourth-order valence-corrected chi connectivity index (χ4v) is 1.92. The molecule has 0 aliphatic heterocycles. The molecular weight excluding hydrogens is 178 g/mol. The monoisotopic (exact) mass is 195 g/mol. The van der Waals surface area contributed by atoms with E-state index in [4.69, 9.17) is 14.9 Å². The summed E-state index contributed by atoms with van der Waals surface area (Å²) in [4.78, 5) is 0. The molecule has 3 heteroatoms. The van der Waals surface area contributed by atoms with E-state index in [1.54, 1.807) is 6.26 Å². The molecule has 1 aromatic rings. The summed E-state index contributed by atoms with van der Waals surface area (Å²) in [6.45, 7) is 1.10. The van der Waals surface area contributed by atoms with Gasteiger partial charge in [-0.2, -0.15) is 0 Å². The van der Waals surface area contributed by atoms with Crippen molar-refractivity contribution in [3.8, 4) is 0 Å². The minimum absolute atomic E-state index is 0.436. The van der Waals surface area contributed by atoms with E-state index in [2.05, 4.69) is 0 Å². The zero-order valence-corrected chi connectivity index (χ0v) is 8.37. The smallest absolute Gasteiger partial charge is 0.133 e. The highest BCUT2D eigenvalue weighted by Crippen LogP contribution is 2.22. The van der Waals surface area contributed by atoms with Gasteiger partial charge in [0, 0.05) is 12.1 Å². The van der Waals surface area contributed by atoms with Crippen LogP contribution in [0.15, 0.2) is 16.7 Å². The van der Waals surface area contributed by atoms with Gasteiger partial charge in [0.1, 0.15) is 12.4 Å². The number of nitrogens with two attached hydrogens (primary N) is 1. The zero-order chi connectivity index (χ0) is 9.80. The standard InChI is InChI=1S/C11H17NO2/c12-7-9-5-6-13-11(9)8-14-10-3-1-2-4-10/h5-6,10H,1-4,7-8,12H2. The molecule has 2 N–H and O–H groups in total. The molecule has 2 rings (SSSR count). The summed E-state index contributed by atoms with van der Waals surface area (Å²) in [6.07, 6.45) is 7.09. The van der Waals surface area contributed by atoms with Crippen LogP contribution in [-0.2, 0) is 17.9 Å². The normalized spacial score (nSPS) is 17.8. The molecule has 1 fully saturated rings. The topological polar surface area (TPSA) is 48.4 Å². The fraction of sp³-hybridized carbons (Fsp3) is 0.636. The van der Waals surface area contributed by atoms with Crippen LogP contribution in [0.1, 0.15) is 37.0 Å². The SMILES string of the molecule is NCc1ccoc1COC1CCCC1.